The highest BCUT2D eigenvalue weighted by molar-refractivity contribution is 6.03. The van der Waals surface area contributed by atoms with Crippen LogP contribution in [0.3, 0.4) is 0 Å². The predicted octanol–water partition coefficient (Wildman–Crippen LogP) is 4.94. The van der Waals surface area contributed by atoms with Gasteiger partial charge in [-0.1, -0.05) is 24.2 Å². The molecule has 2 N–H and O–H groups in total. The summed E-state index contributed by atoms with van der Waals surface area (Å²) in [6, 6.07) is 10.5. The zero-order valence-corrected chi connectivity index (χ0v) is 23.5. The van der Waals surface area contributed by atoms with Gasteiger partial charge in [-0.3, -0.25) is 19.3 Å². The summed E-state index contributed by atoms with van der Waals surface area (Å²) in [7, 11) is 2.90. The van der Waals surface area contributed by atoms with Gasteiger partial charge in [0.2, 0.25) is 17.7 Å². The van der Waals surface area contributed by atoms with Crippen LogP contribution in [0, 0.1) is 12.7 Å². The van der Waals surface area contributed by atoms with Crippen molar-refractivity contribution in [2.75, 3.05) is 24.4 Å². The Bertz CT molecular complexity index is 1340. The van der Waals surface area contributed by atoms with Gasteiger partial charge in [-0.05, 0) is 57.5 Å². The number of nitrogens with one attached hydrogen (secondary N) is 2. The molecule has 1 unspecified atom stereocenters. The van der Waals surface area contributed by atoms with Gasteiger partial charge in [0, 0.05) is 35.7 Å². The summed E-state index contributed by atoms with van der Waals surface area (Å²) in [5.41, 5.74) is 0.0129. The largest absolute Gasteiger partial charge is 0.493 e. The average molecular weight is 555 g/mol. The Morgan fingerprint density at radius 1 is 1.07 bits per heavy atom. The molecule has 3 aromatic rings. The lowest BCUT2D eigenvalue weighted by molar-refractivity contribution is -0.128. The highest BCUT2D eigenvalue weighted by Gasteiger charge is 2.37. The lowest BCUT2D eigenvalue weighted by Crippen LogP contribution is -2.50. The maximum Gasteiger partial charge on any atom is 0.248 e. The van der Waals surface area contributed by atoms with Crippen molar-refractivity contribution in [2.24, 2.45) is 0 Å². The number of amides is 3. The van der Waals surface area contributed by atoms with Gasteiger partial charge in [0.25, 0.3) is 0 Å². The minimum atomic E-state index is -1.24. The van der Waals surface area contributed by atoms with Crippen LogP contribution in [-0.2, 0) is 14.4 Å². The van der Waals surface area contributed by atoms with E-state index in [1.54, 1.807) is 31.2 Å². The topological polar surface area (TPSA) is 123 Å². The lowest BCUT2D eigenvalue weighted by atomic mass is 9.97. The summed E-state index contributed by atoms with van der Waals surface area (Å²) in [6.07, 6.45) is 0.159. The van der Waals surface area contributed by atoms with Gasteiger partial charge in [0.05, 0.1) is 14.2 Å². The minimum absolute atomic E-state index is 0.202. The van der Waals surface area contributed by atoms with Crippen molar-refractivity contribution in [1.82, 2.24) is 10.5 Å². The monoisotopic (exact) mass is 554 g/mol. The predicted molar refractivity (Wildman–Crippen MR) is 148 cm³/mol. The van der Waals surface area contributed by atoms with E-state index in [2.05, 4.69) is 15.8 Å². The fourth-order valence-electron chi connectivity index (χ4n) is 4.03. The van der Waals surface area contributed by atoms with Gasteiger partial charge in [0.15, 0.2) is 17.3 Å². The molecule has 10 nitrogen and oxygen atoms in total. The molecule has 1 atom stereocenters. The number of carbonyl (C=O) groups is 3. The molecule has 0 fully saturated rings. The van der Waals surface area contributed by atoms with Crippen molar-refractivity contribution < 1.29 is 32.8 Å². The molecule has 11 heteroatoms. The van der Waals surface area contributed by atoms with Gasteiger partial charge in [-0.15, -0.1) is 0 Å². The van der Waals surface area contributed by atoms with Crippen molar-refractivity contribution in [3.05, 3.63) is 65.7 Å². The number of ether oxygens (including phenoxy) is 2. The van der Waals surface area contributed by atoms with Crippen LogP contribution in [0.15, 0.2) is 53.1 Å². The Kier molecular flexibility index (Phi) is 9.87. The number of hydrogen-bond acceptors (Lipinski definition) is 7. The number of rotatable bonds is 12. The van der Waals surface area contributed by atoms with Crippen LogP contribution in [0.2, 0.25) is 0 Å². The summed E-state index contributed by atoms with van der Waals surface area (Å²) in [6.45, 7) is 7.35. The number of nitrogens with zero attached hydrogens (tertiary/aromatic N) is 2. The number of methoxy groups -OCH3 is 2. The van der Waals surface area contributed by atoms with Gasteiger partial charge in [-0.2, -0.15) is 0 Å². The van der Waals surface area contributed by atoms with E-state index >= 15 is 0 Å². The van der Waals surface area contributed by atoms with E-state index in [9.17, 15) is 18.8 Å². The molecule has 40 heavy (non-hydrogen) atoms. The SMILES string of the molecule is CCC(C)(C)NC(=O)C(c1cccc(OC)c1OC)N(C(=O)CCC(=O)Nc1cc(C)on1)c1ccc(F)cc1. The number of anilines is 2. The molecule has 2 aromatic carbocycles. The first-order chi connectivity index (χ1) is 19.0. The van der Waals surface area contributed by atoms with Crippen molar-refractivity contribution in [2.45, 2.75) is 58.5 Å². The van der Waals surface area contributed by atoms with Gasteiger partial charge in [-0.25, -0.2) is 4.39 Å². The highest BCUT2D eigenvalue weighted by Crippen LogP contribution is 2.39. The fourth-order valence-corrected chi connectivity index (χ4v) is 4.03. The molecule has 3 amide bonds. The second kappa shape index (κ2) is 13.1. The molecule has 0 spiro atoms. The summed E-state index contributed by atoms with van der Waals surface area (Å²) >= 11 is 0. The Labute approximate surface area is 232 Å². The third-order valence-electron chi connectivity index (χ3n) is 6.41. The van der Waals surface area contributed by atoms with Crippen molar-refractivity contribution in [1.29, 1.82) is 0 Å². The standard InChI is InChI=1S/C29H35FN4O6/c1-7-29(3,4)32-28(37)26(21-9-8-10-22(38-5)27(21)39-6)34(20-13-11-19(30)12-14-20)25(36)16-15-24(35)31-23-17-18(2)40-33-23/h8-14,17,26H,7,15-16H2,1-6H3,(H,32,37)(H,31,33,35). The van der Waals surface area contributed by atoms with E-state index in [1.807, 2.05) is 20.8 Å². The van der Waals surface area contributed by atoms with E-state index in [0.717, 1.165) is 0 Å². The third-order valence-corrected chi connectivity index (χ3v) is 6.41. The number of aryl methyl sites for hydroxylation is 1. The molecule has 1 heterocycles. The zero-order chi connectivity index (χ0) is 29.4. The molecule has 214 valence electrons. The lowest BCUT2D eigenvalue weighted by Gasteiger charge is -2.35. The van der Waals surface area contributed by atoms with Crippen LogP contribution in [0.5, 0.6) is 11.5 Å². The molecule has 0 saturated heterocycles. The number of hydrogen-bond donors (Lipinski definition) is 2. The van der Waals surface area contributed by atoms with Crippen LogP contribution < -0.4 is 25.0 Å². The minimum Gasteiger partial charge on any atom is -0.493 e. The molecule has 0 radical (unpaired) electrons. The van der Waals surface area contributed by atoms with E-state index in [4.69, 9.17) is 14.0 Å². The van der Waals surface area contributed by atoms with E-state index in [1.165, 1.54) is 43.4 Å². The van der Waals surface area contributed by atoms with Crippen molar-refractivity contribution in [3.8, 4) is 11.5 Å². The highest BCUT2D eigenvalue weighted by atomic mass is 19.1. The molecule has 0 aliphatic heterocycles. The summed E-state index contributed by atoms with van der Waals surface area (Å²) in [5.74, 6) is -0.635. The van der Waals surface area contributed by atoms with Crippen molar-refractivity contribution >= 4 is 29.2 Å². The van der Waals surface area contributed by atoms with Crippen LogP contribution in [0.4, 0.5) is 15.9 Å². The summed E-state index contributed by atoms with van der Waals surface area (Å²) < 4.78 is 29.9. The molecule has 1 aromatic heterocycles. The first-order valence-corrected chi connectivity index (χ1v) is 12.8. The first kappa shape index (κ1) is 30.1. The molecule has 3 rings (SSSR count). The fraction of sp³-hybridized carbons (Fsp3) is 0.379. The number of para-hydroxylation sites is 1. The van der Waals surface area contributed by atoms with Gasteiger partial charge >= 0.3 is 0 Å². The quantitative estimate of drug-likeness (QED) is 0.325. The van der Waals surface area contributed by atoms with Gasteiger partial charge in [0.1, 0.15) is 17.6 Å². The zero-order valence-electron chi connectivity index (χ0n) is 23.5. The molecular weight excluding hydrogens is 519 g/mol. The summed E-state index contributed by atoms with van der Waals surface area (Å²) in [4.78, 5) is 41.7. The van der Waals surface area contributed by atoms with Gasteiger partial charge < -0.3 is 24.6 Å². The maximum absolute atomic E-state index is 14.0. The van der Waals surface area contributed by atoms with Crippen LogP contribution in [0.1, 0.15) is 57.4 Å². The maximum atomic E-state index is 14.0. The molecule has 0 aliphatic rings. The molecular formula is C29H35FN4O6. The Hall–Kier alpha value is -4.41. The number of halogens is 1. The van der Waals surface area contributed by atoms with Crippen LogP contribution in [-0.4, -0.2) is 42.6 Å². The van der Waals surface area contributed by atoms with Crippen LogP contribution >= 0.6 is 0 Å². The average Bonchev–Trinajstić information content (AvgIpc) is 3.34. The summed E-state index contributed by atoms with van der Waals surface area (Å²) in [5, 5.41) is 9.31. The van der Waals surface area contributed by atoms with E-state index in [0.29, 0.717) is 23.5 Å². The van der Waals surface area contributed by atoms with Crippen molar-refractivity contribution in [3.63, 3.8) is 0 Å². The first-order valence-electron chi connectivity index (χ1n) is 12.8. The smallest absolute Gasteiger partial charge is 0.248 e. The molecule has 0 bridgehead atoms. The van der Waals surface area contributed by atoms with E-state index < -0.39 is 35.1 Å². The normalized spacial score (nSPS) is 11.9. The molecule has 0 aliphatic carbocycles. The Morgan fingerprint density at radius 2 is 1.77 bits per heavy atom. The number of carbonyl (C=O) groups excluding carboxylic acids is 3. The Morgan fingerprint density at radius 3 is 2.35 bits per heavy atom. The third kappa shape index (κ3) is 7.37. The van der Waals surface area contributed by atoms with Crippen LogP contribution in [0.25, 0.3) is 0 Å². The second-order valence-corrected chi connectivity index (χ2v) is 9.82. The number of benzene rings is 2. The molecule has 0 saturated carbocycles. The Balaban J connectivity index is 2.06. The van der Waals surface area contributed by atoms with E-state index in [-0.39, 0.29) is 30.1 Å². The second-order valence-electron chi connectivity index (χ2n) is 9.82. The number of aromatic nitrogens is 1.